The predicted octanol–water partition coefficient (Wildman–Crippen LogP) is 2.95. The lowest BCUT2D eigenvalue weighted by molar-refractivity contribution is -0.207. The standard InChI is InChI=1S/C19H25N3O3/c1-2-25-17-12-16(23)19(17)6-9-22(10-7-19)18(24)21-14-3-4-15-13(11-14)5-8-20-15/h3-5,8,11,16-17,20,23H,2,6-7,9-10,12H2,1H3,(H,21,24)/t16-,17+/m1/s1. The second-order valence-electron chi connectivity index (χ2n) is 7.13. The molecule has 2 heterocycles. The van der Waals surface area contributed by atoms with Crippen molar-refractivity contribution in [2.45, 2.75) is 38.4 Å². The Bertz CT molecular complexity index is 762. The summed E-state index contributed by atoms with van der Waals surface area (Å²) in [6.45, 7) is 3.96. The molecule has 2 aliphatic rings. The fourth-order valence-corrected chi connectivity index (χ4v) is 4.28. The van der Waals surface area contributed by atoms with Crippen LogP contribution in [0.25, 0.3) is 10.9 Å². The van der Waals surface area contributed by atoms with Gasteiger partial charge in [-0.15, -0.1) is 0 Å². The fraction of sp³-hybridized carbons (Fsp3) is 0.526. The number of nitrogens with one attached hydrogen (secondary N) is 2. The lowest BCUT2D eigenvalue weighted by Gasteiger charge is -2.56. The van der Waals surface area contributed by atoms with Crippen molar-refractivity contribution in [2.75, 3.05) is 25.0 Å². The van der Waals surface area contributed by atoms with Crippen LogP contribution in [0.1, 0.15) is 26.2 Å². The van der Waals surface area contributed by atoms with Gasteiger partial charge in [0.05, 0.1) is 12.2 Å². The Hall–Kier alpha value is -2.05. The molecule has 1 spiro atoms. The molecule has 0 bridgehead atoms. The van der Waals surface area contributed by atoms with Crippen LogP contribution in [-0.4, -0.2) is 52.9 Å². The molecule has 6 heteroatoms. The molecule has 1 saturated heterocycles. The largest absolute Gasteiger partial charge is 0.392 e. The van der Waals surface area contributed by atoms with E-state index in [2.05, 4.69) is 10.3 Å². The second kappa shape index (κ2) is 6.35. The minimum absolute atomic E-state index is 0.0773. The number of likely N-dealkylation sites (tertiary alicyclic amines) is 1. The summed E-state index contributed by atoms with van der Waals surface area (Å²) in [5.41, 5.74) is 1.70. The first-order valence-electron chi connectivity index (χ1n) is 9.05. The summed E-state index contributed by atoms with van der Waals surface area (Å²) in [4.78, 5) is 17.5. The van der Waals surface area contributed by atoms with Crippen molar-refractivity contribution >= 4 is 22.6 Å². The molecule has 1 aromatic carbocycles. The molecule has 1 aliphatic carbocycles. The first kappa shape index (κ1) is 16.4. The number of aromatic nitrogens is 1. The molecule has 0 unspecified atom stereocenters. The number of ether oxygens (including phenoxy) is 1. The van der Waals surface area contributed by atoms with E-state index in [-0.39, 0.29) is 23.7 Å². The fourth-order valence-electron chi connectivity index (χ4n) is 4.28. The number of carbonyl (C=O) groups is 1. The number of nitrogens with zero attached hydrogens (tertiary/aromatic N) is 1. The first-order valence-corrected chi connectivity index (χ1v) is 9.05. The average molecular weight is 343 g/mol. The number of H-pyrrole nitrogens is 1. The van der Waals surface area contributed by atoms with E-state index in [1.807, 2.05) is 42.3 Å². The molecule has 1 saturated carbocycles. The number of benzene rings is 1. The monoisotopic (exact) mass is 343 g/mol. The third-order valence-corrected chi connectivity index (χ3v) is 5.90. The number of hydrogen-bond acceptors (Lipinski definition) is 3. The number of urea groups is 1. The number of hydrogen-bond donors (Lipinski definition) is 3. The van der Waals surface area contributed by atoms with Crippen LogP contribution in [0.5, 0.6) is 0 Å². The second-order valence-corrected chi connectivity index (χ2v) is 7.13. The molecule has 2 atom stereocenters. The molecule has 6 nitrogen and oxygen atoms in total. The van der Waals surface area contributed by atoms with Gasteiger partial charge in [-0.2, -0.15) is 0 Å². The predicted molar refractivity (Wildman–Crippen MR) is 96.6 cm³/mol. The number of aliphatic hydroxyl groups excluding tert-OH is 1. The highest BCUT2D eigenvalue weighted by Crippen LogP contribution is 2.50. The SMILES string of the molecule is CCO[C@H]1C[C@@H](O)C12CCN(C(=O)Nc1ccc3[nH]ccc3c1)CC2. The zero-order chi connectivity index (χ0) is 17.4. The number of rotatable bonds is 3. The summed E-state index contributed by atoms with van der Waals surface area (Å²) in [5, 5.41) is 14.3. The minimum atomic E-state index is -0.301. The van der Waals surface area contributed by atoms with Crippen LogP contribution in [-0.2, 0) is 4.74 Å². The Morgan fingerprint density at radius 1 is 1.40 bits per heavy atom. The molecular formula is C19H25N3O3. The molecular weight excluding hydrogens is 318 g/mol. The molecule has 3 N–H and O–H groups in total. The van der Waals surface area contributed by atoms with Crippen molar-refractivity contribution in [3.63, 3.8) is 0 Å². The Kier molecular flexibility index (Phi) is 4.17. The maximum absolute atomic E-state index is 12.6. The van der Waals surface area contributed by atoms with Gasteiger partial charge < -0.3 is 25.0 Å². The van der Waals surface area contributed by atoms with E-state index in [4.69, 9.17) is 4.74 Å². The Morgan fingerprint density at radius 3 is 2.92 bits per heavy atom. The molecule has 2 aromatic rings. The number of aliphatic hydroxyl groups is 1. The number of aromatic amines is 1. The van der Waals surface area contributed by atoms with Gasteiger partial charge in [-0.05, 0) is 44.0 Å². The van der Waals surface area contributed by atoms with Crippen molar-refractivity contribution in [1.29, 1.82) is 0 Å². The molecule has 2 amide bonds. The zero-order valence-corrected chi connectivity index (χ0v) is 14.5. The van der Waals surface area contributed by atoms with E-state index in [1.165, 1.54) is 0 Å². The topological polar surface area (TPSA) is 77.6 Å². The van der Waals surface area contributed by atoms with Gasteiger partial charge in [-0.3, -0.25) is 0 Å². The Balaban J connectivity index is 1.38. The van der Waals surface area contributed by atoms with Crippen molar-refractivity contribution in [2.24, 2.45) is 5.41 Å². The van der Waals surface area contributed by atoms with Crippen molar-refractivity contribution in [3.8, 4) is 0 Å². The molecule has 1 aromatic heterocycles. The van der Waals surface area contributed by atoms with Crippen LogP contribution in [0.2, 0.25) is 0 Å². The maximum Gasteiger partial charge on any atom is 0.321 e. The summed E-state index contributed by atoms with van der Waals surface area (Å²) in [6, 6.07) is 7.75. The lowest BCUT2D eigenvalue weighted by Crippen LogP contribution is -2.63. The highest BCUT2D eigenvalue weighted by molar-refractivity contribution is 5.92. The smallest absolute Gasteiger partial charge is 0.321 e. The van der Waals surface area contributed by atoms with Crippen molar-refractivity contribution in [1.82, 2.24) is 9.88 Å². The van der Waals surface area contributed by atoms with E-state index in [0.717, 1.165) is 35.9 Å². The number of anilines is 1. The van der Waals surface area contributed by atoms with Crippen molar-refractivity contribution in [3.05, 3.63) is 30.5 Å². The van der Waals surface area contributed by atoms with Crippen LogP contribution < -0.4 is 5.32 Å². The molecule has 1 aliphatic heterocycles. The van der Waals surface area contributed by atoms with Crippen LogP contribution in [0, 0.1) is 5.41 Å². The van der Waals surface area contributed by atoms with Crippen molar-refractivity contribution < 1.29 is 14.6 Å². The van der Waals surface area contributed by atoms with Gasteiger partial charge in [-0.25, -0.2) is 4.79 Å². The summed E-state index contributed by atoms with van der Waals surface area (Å²) in [5.74, 6) is 0. The van der Waals surface area contributed by atoms with E-state index in [0.29, 0.717) is 19.7 Å². The highest BCUT2D eigenvalue weighted by Gasteiger charge is 2.56. The summed E-state index contributed by atoms with van der Waals surface area (Å²) < 4.78 is 5.78. The van der Waals surface area contributed by atoms with Gasteiger partial charge in [0.15, 0.2) is 0 Å². The summed E-state index contributed by atoms with van der Waals surface area (Å²) in [6.07, 6.45) is 4.03. The van der Waals surface area contributed by atoms with Gasteiger partial charge in [0, 0.05) is 54.3 Å². The van der Waals surface area contributed by atoms with Crippen LogP contribution >= 0.6 is 0 Å². The Labute approximate surface area is 147 Å². The van der Waals surface area contributed by atoms with Gasteiger partial charge in [0.2, 0.25) is 0 Å². The van der Waals surface area contributed by atoms with Gasteiger partial charge >= 0.3 is 6.03 Å². The zero-order valence-electron chi connectivity index (χ0n) is 14.5. The Morgan fingerprint density at radius 2 is 2.20 bits per heavy atom. The molecule has 2 fully saturated rings. The summed E-state index contributed by atoms with van der Waals surface area (Å²) >= 11 is 0. The number of amides is 2. The van der Waals surface area contributed by atoms with E-state index < -0.39 is 0 Å². The normalized spacial score (nSPS) is 25.1. The quantitative estimate of drug-likeness (QED) is 0.802. The van der Waals surface area contributed by atoms with Gasteiger partial charge in [0.25, 0.3) is 0 Å². The third kappa shape index (κ3) is 2.79. The number of piperidine rings is 1. The number of carbonyl (C=O) groups excluding carboxylic acids is 1. The van der Waals surface area contributed by atoms with Gasteiger partial charge in [-0.1, -0.05) is 0 Å². The van der Waals surface area contributed by atoms with E-state index >= 15 is 0 Å². The van der Waals surface area contributed by atoms with Crippen LogP contribution in [0.15, 0.2) is 30.5 Å². The third-order valence-electron chi connectivity index (χ3n) is 5.90. The van der Waals surface area contributed by atoms with E-state index in [9.17, 15) is 9.90 Å². The van der Waals surface area contributed by atoms with E-state index in [1.54, 1.807) is 0 Å². The van der Waals surface area contributed by atoms with Gasteiger partial charge in [0.1, 0.15) is 0 Å². The average Bonchev–Trinajstić information content (AvgIpc) is 3.09. The lowest BCUT2D eigenvalue weighted by atomic mass is 9.58. The molecule has 134 valence electrons. The molecule has 25 heavy (non-hydrogen) atoms. The molecule has 4 rings (SSSR count). The minimum Gasteiger partial charge on any atom is -0.392 e. The summed E-state index contributed by atoms with van der Waals surface area (Å²) in [7, 11) is 0. The first-order chi connectivity index (χ1) is 12.1. The number of fused-ring (bicyclic) bond motifs is 1. The molecule has 0 radical (unpaired) electrons. The van der Waals surface area contributed by atoms with Crippen LogP contribution in [0.3, 0.4) is 0 Å². The van der Waals surface area contributed by atoms with Crippen LogP contribution in [0.4, 0.5) is 10.5 Å². The maximum atomic E-state index is 12.6. The highest BCUT2D eigenvalue weighted by atomic mass is 16.5.